The van der Waals surface area contributed by atoms with Gasteiger partial charge in [0.2, 0.25) is 0 Å². The van der Waals surface area contributed by atoms with Crippen molar-refractivity contribution >= 4 is 5.71 Å². The van der Waals surface area contributed by atoms with E-state index < -0.39 is 22.3 Å². The first kappa shape index (κ1) is 14.6. The molecule has 0 aromatic heterocycles. The van der Waals surface area contributed by atoms with E-state index in [-0.39, 0.29) is 17.0 Å². The van der Waals surface area contributed by atoms with Gasteiger partial charge in [0.1, 0.15) is 23.5 Å². The minimum atomic E-state index is -1.44. The molecule has 3 atom stereocenters. The van der Waals surface area contributed by atoms with Gasteiger partial charge in [-0.3, -0.25) is 0 Å². The smallest absolute Gasteiger partial charge is 0.150 e. The molecule has 3 aliphatic rings. The monoisotopic (exact) mass is 278 g/mol. The minimum Gasteiger partial charge on any atom is -0.378 e. The summed E-state index contributed by atoms with van der Waals surface area (Å²) < 4.78 is 0. The largest absolute Gasteiger partial charge is 0.378 e. The van der Waals surface area contributed by atoms with Crippen molar-refractivity contribution in [3.63, 3.8) is 0 Å². The molecule has 21 heavy (non-hydrogen) atoms. The van der Waals surface area contributed by atoms with Crippen LogP contribution in [0, 0.1) is 67.5 Å². The van der Waals surface area contributed by atoms with E-state index in [1.165, 1.54) is 0 Å². The van der Waals surface area contributed by atoms with E-state index in [1.54, 1.807) is 19.1 Å². The molecule has 6 nitrogen and oxygen atoms in total. The predicted molar refractivity (Wildman–Crippen MR) is 73.1 cm³/mol. The summed E-state index contributed by atoms with van der Waals surface area (Å²) in [6, 6.07) is 7.82. The maximum atomic E-state index is 9.79. The third-order valence-electron chi connectivity index (χ3n) is 4.71. The number of allylic oxidation sites excluding steroid dienone is 2. The lowest BCUT2D eigenvalue weighted by Gasteiger charge is -2.61. The summed E-state index contributed by atoms with van der Waals surface area (Å²) >= 11 is 0. The molecule has 2 aliphatic heterocycles. The van der Waals surface area contributed by atoms with Crippen molar-refractivity contribution in [3.05, 3.63) is 11.3 Å². The summed E-state index contributed by atoms with van der Waals surface area (Å²) in [5.41, 5.74) is -2.90. The average Bonchev–Trinajstić information content (AvgIpc) is 2.38. The number of hydrogen-bond acceptors (Lipinski definition) is 6. The number of rotatable bonds is 0. The van der Waals surface area contributed by atoms with Gasteiger partial charge in [-0.25, -0.2) is 0 Å². The highest BCUT2D eigenvalue weighted by atomic mass is 15.1. The van der Waals surface area contributed by atoms with Crippen LogP contribution in [0.25, 0.3) is 0 Å². The van der Waals surface area contributed by atoms with Crippen molar-refractivity contribution in [2.75, 3.05) is 0 Å². The second-order valence-electron chi connectivity index (χ2n) is 6.41. The second kappa shape index (κ2) is 4.08. The molecule has 3 rings (SSSR count). The van der Waals surface area contributed by atoms with Crippen LogP contribution in [0.3, 0.4) is 0 Å². The lowest BCUT2D eigenvalue weighted by molar-refractivity contribution is 0.0572. The zero-order chi connectivity index (χ0) is 16.1. The Kier molecular flexibility index (Phi) is 2.83. The highest BCUT2D eigenvalue weighted by molar-refractivity contribution is 6.01. The molecule has 1 aliphatic carbocycles. The fourth-order valence-corrected chi connectivity index (χ4v) is 3.88. The Balaban J connectivity index is 2.91. The number of nitriles is 4. The van der Waals surface area contributed by atoms with Gasteiger partial charge in [0.25, 0.3) is 0 Å². The first-order valence-corrected chi connectivity index (χ1v) is 6.47. The van der Waals surface area contributed by atoms with E-state index in [0.29, 0.717) is 6.42 Å². The van der Waals surface area contributed by atoms with Crippen molar-refractivity contribution in [3.8, 4) is 24.3 Å². The van der Waals surface area contributed by atoms with Crippen LogP contribution in [0.4, 0.5) is 0 Å². The highest BCUT2D eigenvalue weighted by Crippen LogP contribution is 2.61. The van der Waals surface area contributed by atoms with Crippen LogP contribution in [0.5, 0.6) is 0 Å². The molecule has 1 saturated carbocycles. The van der Waals surface area contributed by atoms with E-state index in [9.17, 15) is 10.5 Å². The van der Waals surface area contributed by atoms with Crippen molar-refractivity contribution in [1.29, 1.82) is 26.5 Å². The van der Waals surface area contributed by atoms with Gasteiger partial charge in [0.15, 0.2) is 5.57 Å². The summed E-state index contributed by atoms with van der Waals surface area (Å²) in [5, 5.41) is 49.0. The van der Waals surface area contributed by atoms with Crippen molar-refractivity contribution in [1.82, 2.24) is 5.32 Å². The van der Waals surface area contributed by atoms with Crippen LogP contribution in [0.2, 0.25) is 0 Å². The first-order valence-electron chi connectivity index (χ1n) is 6.47. The molecule has 2 bridgehead atoms. The summed E-state index contributed by atoms with van der Waals surface area (Å²) in [4.78, 5) is 0. The zero-order valence-electron chi connectivity index (χ0n) is 12.1. The van der Waals surface area contributed by atoms with Gasteiger partial charge in [-0.15, -0.1) is 0 Å². The molecule has 0 radical (unpaired) electrons. The van der Waals surface area contributed by atoms with Crippen LogP contribution < -0.4 is 5.32 Å². The number of nitrogens with one attached hydrogen (secondary N) is 2. The highest BCUT2D eigenvalue weighted by Gasteiger charge is 2.68. The minimum absolute atomic E-state index is 0.0250. The lowest BCUT2D eigenvalue weighted by Crippen LogP contribution is -2.72. The summed E-state index contributed by atoms with van der Waals surface area (Å²) in [7, 11) is 0. The Morgan fingerprint density at radius 2 is 1.76 bits per heavy atom. The molecule has 0 aromatic rings. The maximum Gasteiger partial charge on any atom is 0.150 e. The van der Waals surface area contributed by atoms with Crippen LogP contribution in [0.15, 0.2) is 11.3 Å². The summed E-state index contributed by atoms with van der Waals surface area (Å²) in [5.74, 6) is -0.757. The SMILES string of the molecule is CC1(C)C[C@@]2(C)NC(=C(C#N)C#N)[C@]1(C#N)C(=N)[C@H]2C#N. The molecule has 104 valence electrons. The number of piperidine rings is 2. The van der Waals surface area contributed by atoms with Gasteiger partial charge in [0, 0.05) is 0 Å². The van der Waals surface area contributed by atoms with Crippen molar-refractivity contribution in [2.45, 2.75) is 32.7 Å². The van der Waals surface area contributed by atoms with Crippen molar-refractivity contribution < 1.29 is 0 Å². The number of fused-ring (bicyclic) bond motifs is 3. The van der Waals surface area contributed by atoms with Gasteiger partial charge < -0.3 is 10.7 Å². The van der Waals surface area contributed by atoms with Crippen LogP contribution in [0.1, 0.15) is 27.2 Å². The topological polar surface area (TPSA) is 131 Å². The number of nitrogens with zero attached hydrogens (tertiary/aromatic N) is 4. The van der Waals surface area contributed by atoms with E-state index in [1.807, 2.05) is 13.8 Å². The van der Waals surface area contributed by atoms with E-state index in [4.69, 9.17) is 15.9 Å². The van der Waals surface area contributed by atoms with Crippen molar-refractivity contribution in [2.24, 2.45) is 16.7 Å². The van der Waals surface area contributed by atoms with Gasteiger partial charge >= 0.3 is 0 Å². The lowest BCUT2D eigenvalue weighted by atomic mass is 9.45. The van der Waals surface area contributed by atoms with Gasteiger partial charge in [-0.05, 0) is 18.8 Å². The molecule has 0 aromatic carbocycles. The third-order valence-corrected chi connectivity index (χ3v) is 4.71. The molecule has 0 amide bonds. The molecule has 2 saturated heterocycles. The fraction of sp³-hybridized carbons (Fsp3) is 0.533. The van der Waals surface area contributed by atoms with Crippen LogP contribution >= 0.6 is 0 Å². The van der Waals surface area contributed by atoms with E-state index >= 15 is 0 Å². The standard InChI is InChI=1S/C15H14N6/c1-13(2)7-14(3)10(6-18)11(20)15(13,8-19)12(21-14)9(4-16)5-17/h10,20-21H,7H2,1-3H3/t10-,14-,15+/m1/s1. The molecule has 3 fully saturated rings. The molecule has 6 heteroatoms. The third kappa shape index (κ3) is 1.45. The second-order valence-corrected chi connectivity index (χ2v) is 6.41. The quantitative estimate of drug-likeness (QED) is 0.651. The molecular formula is C15H14N6. The van der Waals surface area contributed by atoms with E-state index in [2.05, 4.69) is 17.5 Å². The summed E-state index contributed by atoms with van der Waals surface area (Å²) in [6.45, 7) is 5.47. The van der Waals surface area contributed by atoms with Gasteiger partial charge in [0.05, 0.1) is 29.1 Å². The zero-order valence-corrected chi connectivity index (χ0v) is 12.1. The molecular weight excluding hydrogens is 264 g/mol. The molecule has 0 spiro atoms. The Morgan fingerprint density at radius 3 is 2.19 bits per heavy atom. The summed E-state index contributed by atoms with van der Waals surface area (Å²) in [6.07, 6.45) is 0.502. The predicted octanol–water partition coefficient (Wildman–Crippen LogP) is 1.75. The van der Waals surface area contributed by atoms with Gasteiger partial charge in [-0.1, -0.05) is 13.8 Å². The first-order chi connectivity index (χ1) is 9.74. The normalized spacial score (nSPS) is 35.7. The van der Waals surface area contributed by atoms with Crippen LogP contribution in [-0.4, -0.2) is 11.3 Å². The molecule has 0 unspecified atom stereocenters. The Morgan fingerprint density at radius 1 is 1.19 bits per heavy atom. The van der Waals surface area contributed by atoms with Gasteiger partial charge in [-0.2, -0.15) is 21.0 Å². The van der Waals surface area contributed by atoms with Crippen LogP contribution in [-0.2, 0) is 0 Å². The number of hydrogen-bond donors (Lipinski definition) is 2. The van der Waals surface area contributed by atoms with E-state index in [0.717, 1.165) is 0 Å². The Hall–Kier alpha value is -2.83. The fourth-order valence-electron chi connectivity index (χ4n) is 3.88. The average molecular weight is 278 g/mol. The Bertz CT molecular complexity index is 713. The molecule has 2 heterocycles. The Labute approximate surface area is 123 Å². The molecule has 2 N–H and O–H groups in total. The maximum absolute atomic E-state index is 9.79.